The topological polar surface area (TPSA) is 59.2 Å². The van der Waals surface area contributed by atoms with E-state index in [2.05, 4.69) is 25.2 Å². The summed E-state index contributed by atoms with van der Waals surface area (Å²) in [5, 5.41) is 14.1. The molecule has 6 nitrogen and oxygen atoms in total. The number of fused-ring (bicyclic) bond motifs is 1. The van der Waals surface area contributed by atoms with E-state index < -0.39 is 0 Å². The van der Waals surface area contributed by atoms with Gasteiger partial charge in [-0.1, -0.05) is 22.7 Å². The fourth-order valence-corrected chi connectivity index (χ4v) is 5.25. The van der Waals surface area contributed by atoms with Crippen LogP contribution in [0.25, 0.3) is 4.96 Å². The van der Waals surface area contributed by atoms with Gasteiger partial charge < -0.3 is 4.90 Å². The average Bonchev–Trinajstić information content (AvgIpc) is 3.12. The van der Waals surface area contributed by atoms with E-state index in [4.69, 9.17) is 0 Å². The van der Waals surface area contributed by atoms with Crippen LogP contribution in [0.5, 0.6) is 0 Å². The maximum atomic E-state index is 4.50. The second-order valence-electron chi connectivity index (χ2n) is 4.62. The molecule has 0 unspecified atom stereocenters. The smallest absolute Gasteiger partial charge is 0.213 e. The highest BCUT2D eigenvalue weighted by Gasteiger charge is 2.18. The first-order valence-corrected chi connectivity index (χ1v) is 8.82. The third-order valence-corrected chi connectivity index (χ3v) is 6.10. The molecule has 1 aliphatic heterocycles. The van der Waals surface area contributed by atoms with E-state index in [1.54, 1.807) is 34.4 Å². The van der Waals surface area contributed by atoms with Gasteiger partial charge in [-0.15, -0.1) is 15.3 Å². The lowest BCUT2D eigenvalue weighted by molar-refractivity contribution is 0.903. The molecule has 4 heterocycles. The molecule has 0 spiro atoms. The number of aromatic nitrogens is 5. The van der Waals surface area contributed by atoms with Crippen molar-refractivity contribution in [1.82, 2.24) is 24.8 Å². The summed E-state index contributed by atoms with van der Waals surface area (Å²) < 4.78 is 3.72. The van der Waals surface area contributed by atoms with Gasteiger partial charge in [-0.05, 0) is 31.5 Å². The van der Waals surface area contributed by atoms with Gasteiger partial charge in [-0.3, -0.25) is 0 Å². The van der Waals surface area contributed by atoms with Crippen molar-refractivity contribution in [3.8, 4) is 0 Å². The fraction of sp³-hybridized carbons (Fsp3) is 0.455. The minimum Gasteiger partial charge on any atom is -0.347 e. The van der Waals surface area contributed by atoms with E-state index in [0.29, 0.717) is 0 Å². The van der Waals surface area contributed by atoms with Gasteiger partial charge in [0.15, 0.2) is 8.68 Å². The summed E-state index contributed by atoms with van der Waals surface area (Å²) in [6, 6.07) is 0. The minimum atomic E-state index is 0.925. The lowest BCUT2D eigenvalue weighted by Crippen LogP contribution is -2.17. The molecule has 1 fully saturated rings. The van der Waals surface area contributed by atoms with Crippen LogP contribution in [0.2, 0.25) is 0 Å². The first-order chi connectivity index (χ1) is 9.78. The lowest BCUT2D eigenvalue weighted by atomic mass is 10.4. The molecule has 0 bridgehead atoms. The van der Waals surface area contributed by atoms with Gasteiger partial charge in [-0.25, -0.2) is 9.50 Å². The monoisotopic (exact) mass is 324 g/mol. The SMILES string of the molecule is Cc1cn2nc(Sc3nnc(N4CCCC4)s3)sc2n1. The summed E-state index contributed by atoms with van der Waals surface area (Å²) in [4.78, 5) is 7.64. The van der Waals surface area contributed by atoms with Crippen molar-refractivity contribution >= 4 is 44.5 Å². The van der Waals surface area contributed by atoms with Crippen LogP contribution >= 0.6 is 34.4 Å². The summed E-state index contributed by atoms with van der Waals surface area (Å²) in [6.07, 6.45) is 4.45. The molecule has 104 valence electrons. The summed E-state index contributed by atoms with van der Waals surface area (Å²) >= 11 is 4.80. The van der Waals surface area contributed by atoms with Crippen molar-refractivity contribution in [3.05, 3.63) is 11.9 Å². The van der Waals surface area contributed by atoms with Crippen LogP contribution < -0.4 is 4.90 Å². The summed E-state index contributed by atoms with van der Waals surface area (Å²) in [5.41, 5.74) is 0.993. The average molecular weight is 324 g/mol. The number of hydrogen-bond donors (Lipinski definition) is 0. The number of anilines is 1. The molecule has 0 N–H and O–H groups in total. The van der Waals surface area contributed by atoms with Gasteiger partial charge in [0.1, 0.15) is 0 Å². The molecule has 0 atom stereocenters. The molecular weight excluding hydrogens is 312 g/mol. The van der Waals surface area contributed by atoms with E-state index in [9.17, 15) is 0 Å². The Labute approximate surface area is 127 Å². The molecule has 9 heteroatoms. The first kappa shape index (κ1) is 12.5. The van der Waals surface area contributed by atoms with E-state index in [-0.39, 0.29) is 0 Å². The molecule has 3 aromatic heterocycles. The Bertz CT molecular complexity index is 707. The predicted molar refractivity (Wildman–Crippen MR) is 81.1 cm³/mol. The highest BCUT2D eigenvalue weighted by Crippen LogP contribution is 2.36. The largest absolute Gasteiger partial charge is 0.347 e. The molecule has 0 amide bonds. The van der Waals surface area contributed by atoms with Crippen LogP contribution in [0.3, 0.4) is 0 Å². The van der Waals surface area contributed by atoms with Crippen molar-refractivity contribution in [1.29, 1.82) is 0 Å². The van der Waals surface area contributed by atoms with Crippen LogP contribution in [0.1, 0.15) is 18.5 Å². The number of imidazole rings is 1. The Kier molecular flexibility index (Phi) is 3.12. The molecule has 0 aliphatic carbocycles. The quantitative estimate of drug-likeness (QED) is 0.738. The zero-order valence-corrected chi connectivity index (χ0v) is 13.3. The Balaban J connectivity index is 1.54. The van der Waals surface area contributed by atoms with E-state index >= 15 is 0 Å². The minimum absolute atomic E-state index is 0.925. The molecule has 1 saturated heterocycles. The number of hydrogen-bond acceptors (Lipinski definition) is 8. The van der Waals surface area contributed by atoms with Gasteiger partial charge >= 0.3 is 0 Å². The van der Waals surface area contributed by atoms with Crippen LogP contribution in [-0.2, 0) is 0 Å². The lowest BCUT2D eigenvalue weighted by Gasteiger charge is -2.10. The molecule has 0 aromatic carbocycles. The van der Waals surface area contributed by atoms with Crippen molar-refractivity contribution < 1.29 is 0 Å². The van der Waals surface area contributed by atoms with Crippen LogP contribution in [0.15, 0.2) is 14.9 Å². The molecule has 4 rings (SSSR count). The molecule has 20 heavy (non-hydrogen) atoms. The summed E-state index contributed by atoms with van der Waals surface area (Å²) in [6.45, 7) is 4.18. The third kappa shape index (κ3) is 2.29. The molecule has 0 saturated carbocycles. The number of aryl methyl sites for hydroxylation is 1. The number of nitrogens with zero attached hydrogens (tertiary/aromatic N) is 6. The van der Waals surface area contributed by atoms with Crippen molar-refractivity contribution in [2.75, 3.05) is 18.0 Å². The van der Waals surface area contributed by atoms with Gasteiger partial charge in [0, 0.05) is 13.1 Å². The fourth-order valence-electron chi connectivity index (χ4n) is 2.19. The third-order valence-electron chi connectivity index (χ3n) is 3.09. The Morgan fingerprint density at radius 2 is 2.00 bits per heavy atom. The predicted octanol–water partition coefficient (Wildman–Crippen LogP) is 2.70. The molecule has 1 aliphatic rings. The van der Waals surface area contributed by atoms with E-state index in [1.165, 1.54) is 12.8 Å². The molecule has 3 aromatic rings. The number of rotatable bonds is 3. The van der Waals surface area contributed by atoms with E-state index in [1.807, 2.05) is 17.6 Å². The van der Waals surface area contributed by atoms with Gasteiger partial charge in [0.05, 0.1) is 11.9 Å². The van der Waals surface area contributed by atoms with Crippen LogP contribution in [-0.4, -0.2) is 37.9 Å². The maximum absolute atomic E-state index is 4.50. The maximum Gasteiger partial charge on any atom is 0.213 e. The highest BCUT2D eigenvalue weighted by atomic mass is 32.2. The Morgan fingerprint density at radius 3 is 2.80 bits per heavy atom. The Hall–Kier alpha value is -1.19. The highest BCUT2D eigenvalue weighted by molar-refractivity contribution is 8.02. The van der Waals surface area contributed by atoms with Crippen LogP contribution in [0.4, 0.5) is 5.13 Å². The second-order valence-corrected chi connectivity index (χ2v) is 8.03. The summed E-state index contributed by atoms with van der Waals surface area (Å²) in [5.74, 6) is 0. The van der Waals surface area contributed by atoms with Crippen molar-refractivity contribution in [2.45, 2.75) is 28.4 Å². The summed E-state index contributed by atoms with van der Waals surface area (Å²) in [7, 11) is 0. The molecular formula is C11H12N6S3. The molecule has 0 radical (unpaired) electrons. The first-order valence-electron chi connectivity index (χ1n) is 6.37. The van der Waals surface area contributed by atoms with E-state index in [0.717, 1.165) is 37.6 Å². The van der Waals surface area contributed by atoms with Gasteiger partial charge in [0.2, 0.25) is 10.1 Å². The van der Waals surface area contributed by atoms with Crippen molar-refractivity contribution in [3.63, 3.8) is 0 Å². The second kappa shape index (κ2) is 4.97. The zero-order valence-electron chi connectivity index (χ0n) is 10.8. The zero-order chi connectivity index (χ0) is 13.5. The normalized spacial score (nSPS) is 15.6. The van der Waals surface area contributed by atoms with Gasteiger partial charge in [0.25, 0.3) is 0 Å². The van der Waals surface area contributed by atoms with Crippen LogP contribution in [0, 0.1) is 6.92 Å². The van der Waals surface area contributed by atoms with Crippen molar-refractivity contribution in [2.24, 2.45) is 0 Å². The van der Waals surface area contributed by atoms with Gasteiger partial charge in [-0.2, -0.15) is 0 Å². The Morgan fingerprint density at radius 1 is 1.15 bits per heavy atom. The standard InChI is InChI=1S/C11H12N6S3/c1-7-6-17-8(12-7)18-11(15-17)20-10-14-13-9(19-10)16-4-2-3-5-16/h6H,2-5H2,1H3.